The summed E-state index contributed by atoms with van der Waals surface area (Å²) in [4.78, 5) is 11.8. The Morgan fingerprint density at radius 1 is 0.944 bits per heavy atom. The third-order valence-corrected chi connectivity index (χ3v) is 2.66. The monoisotopic (exact) mass is 274 g/mol. The van der Waals surface area contributed by atoms with Crippen LogP contribution in [0.4, 0.5) is 0 Å². The van der Waals surface area contributed by atoms with Crippen molar-refractivity contribution in [1.82, 2.24) is 0 Å². The van der Waals surface area contributed by atoms with Crippen molar-refractivity contribution in [3.63, 3.8) is 0 Å². The van der Waals surface area contributed by atoms with E-state index in [-0.39, 0.29) is 5.78 Å². The number of benzene rings is 2. The molecule has 18 heavy (non-hydrogen) atoms. The molecule has 0 amide bonds. The molecule has 0 bridgehead atoms. The fraction of sp³-hybridized carbons (Fsp3) is 0. The molecule has 2 rings (SSSR count). The molecule has 2 aromatic carbocycles. The fourth-order valence-electron chi connectivity index (χ4n) is 1.41. The zero-order chi connectivity index (χ0) is 13.0. The lowest BCUT2D eigenvalue weighted by molar-refractivity contribution is 0.105. The van der Waals surface area contributed by atoms with Gasteiger partial charge in [0.25, 0.3) is 0 Å². The second-order valence-electron chi connectivity index (χ2n) is 3.60. The first-order valence-electron chi connectivity index (χ1n) is 5.22. The van der Waals surface area contributed by atoms with Gasteiger partial charge in [-0.2, -0.15) is 0 Å². The number of Topliss-reactive ketones (excluding diaryl/α,β-unsaturated/α-hetero) is 1. The Kier molecular flexibility index (Phi) is 4.04. The van der Waals surface area contributed by atoms with Gasteiger partial charge < -0.3 is 0 Å². The Morgan fingerprint density at radius 3 is 2.17 bits per heavy atom. The Labute approximate surface area is 115 Å². The van der Waals surface area contributed by atoms with Gasteiger partial charge in [-0.1, -0.05) is 47.3 Å². The van der Waals surface area contributed by atoms with Crippen molar-refractivity contribution in [2.75, 3.05) is 0 Å². The van der Waals surface area contributed by atoms with Crippen LogP contribution in [0.15, 0.2) is 48.5 Å². The van der Waals surface area contributed by atoms with E-state index in [4.69, 9.17) is 23.2 Å². The lowest BCUT2D eigenvalue weighted by Gasteiger charge is -1.97. The summed E-state index contributed by atoms with van der Waals surface area (Å²) in [6.45, 7) is 0. The van der Waals surface area contributed by atoms with E-state index < -0.39 is 0 Å². The van der Waals surface area contributed by atoms with Crippen LogP contribution in [-0.4, -0.2) is 5.78 Å². The number of rotatable bonds is 1. The molecule has 0 unspecified atom stereocenters. The topological polar surface area (TPSA) is 17.1 Å². The van der Waals surface area contributed by atoms with Gasteiger partial charge in [-0.15, -0.1) is 0 Å². The van der Waals surface area contributed by atoms with Gasteiger partial charge in [-0.05, 0) is 36.3 Å². The van der Waals surface area contributed by atoms with Crippen LogP contribution >= 0.6 is 23.2 Å². The van der Waals surface area contributed by atoms with Gasteiger partial charge in [-0.25, -0.2) is 0 Å². The molecule has 0 aliphatic rings. The zero-order valence-electron chi connectivity index (χ0n) is 9.28. The molecular formula is C15H8Cl2O. The Morgan fingerprint density at radius 2 is 1.56 bits per heavy atom. The van der Waals surface area contributed by atoms with Crippen molar-refractivity contribution in [2.24, 2.45) is 0 Å². The van der Waals surface area contributed by atoms with Crippen molar-refractivity contribution < 1.29 is 4.79 Å². The number of carbonyl (C=O) groups excluding carboxylic acids is 1. The molecule has 0 aliphatic heterocycles. The summed E-state index contributed by atoms with van der Waals surface area (Å²) in [5.74, 6) is 5.06. The lowest BCUT2D eigenvalue weighted by Crippen LogP contribution is -1.94. The quantitative estimate of drug-likeness (QED) is 0.562. The smallest absolute Gasteiger partial charge is 0.236 e. The SMILES string of the molecule is O=C(C#Cc1ccccc1)c1cc(Cl)cc(Cl)c1. The summed E-state index contributed by atoms with van der Waals surface area (Å²) < 4.78 is 0. The van der Waals surface area contributed by atoms with Crippen molar-refractivity contribution in [2.45, 2.75) is 0 Å². The minimum Gasteiger partial charge on any atom is -0.279 e. The van der Waals surface area contributed by atoms with Gasteiger partial charge in [0.1, 0.15) is 0 Å². The van der Waals surface area contributed by atoms with Crippen LogP contribution in [0.3, 0.4) is 0 Å². The molecule has 88 valence electrons. The number of ketones is 1. The van der Waals surface area contributed by atoms with E-state index in [9.17, 15) is 4.79 Å². The van der Waals surface area contributed by atoms with Gasteiger partial charge in [0.15, 0.2) is 0 Å². The van der Waals surface area contributed by atoms with Crippen LogP contribution in [0, 0.1) is 11.8 Å². The molecule has 0 saturated heterocycles. The van der Waals surface area contributed by atoms with Crippen molar-refractivity contribution in [3.8, 4) is 11.8 Å². The molecule has 0 N–H and O–H groups in total. The summed E-state index contributed by atoms with van der Waals surface area (Å²) in [5, 5.41) is 0.847. The molecule has 3 heteroatoms. The van der Waals surface area contributed by atoms with E-state index in [1.807, 2.05) is 30.3 Å². The summed E-state index contributed by atoms with van der Waals surface area (Å²) in [6.07, 6.45) is 0. The fourth-order valence-corrected chi connectivity index (χ4v) is 1.93. The molecule has 0 saturated carbocycles. The molecule has 2 aromatic rings. The van der Waals surface area contributed by atoms with E-state index in [1.54, 1.807) is 18.2 Å². The summed E-state index contributed by atoms with van der Waals surface area (Å²) in [7, 11) is 0. The predicted octanol–water partition coefficient (Wildman–Crippen LogP) is 4.23. The highest BCUT2D eigenvalue weighted by Gasteiger charge is 2.04. The van der Waals surface area contributed by atoms with Gasteiger partial charge >= 0.3 is 0 Å². The molecule has 0 atom stereocenters. The maximum absolute atomic E-state index is 11.8. The number of hydrogen-bond acceptors (Lipinski definition) is 1. The Hall–Kier alpha value is -1.75. The van der Waals surface area contributed by atoms with E-state index in [2.05, 4.69) is 11.8 Å². The van der Waals surface area contributed by atoms with Gasteiger partial charge in [0.05, 0.1) is 0 Å². The number of halogens is 2. The standard InChI is InChI=1S/C15H8Cl2O/c16-13-8-12(9-14(17)10-13)15(18)7-6-11-4-2-1-3-5-11/h1-5,8-10H. The molecule has 0 aliphatic carbocycles. The van der Waals surface area contributed by atoms with Gasteiger partial charge in [0.2, 0.25) is 5.78 Å². The molecule has 0 spiro atoms. The largest absolute Gasteiger partial charge is 0.279 e. The first-order valence-corrected chi connectivity index (χ1v) is 5.98. The first-order chi connectivity index (χ1) is 8.65. The third kappa shape index (κ3) is 3.37. The van der Waals surface area contributed by atoms with E-state index >= 15 is 0 Å². The zero-order valence-corrected chi connectivity index (χ0v) is 10.8. The Balaban J connectivity index is 2.25. The van der Waals surface area contributed by atoms with Crippen molar-refractivity contribution in [3.05, 3.63) is 69.7 Å². The second-order valence-corrected chi connectivity index (χ2v) is 4.48. The predicted molar refractivity (Wildman–Crippen MR) is 74.1 cm³/mol. The van der Waals surface area contributed by atoms with E-state index in [1.165, 1.54) is 0 Å². The third-order valence-electron chi connectivity index (χ3n) is 2.22. The minimum atomic E-state index is -0.303. The van der Waals surface area contributed by atoms with Crippen LogP contribution in [-0.2, 0) is 0 Å². The summed E-state index contributed by atoms with van der Waals surface area (Å²) in [6, 6.07) is 14.0. The maximum Gasteiger partial charge on any atom is 0.236 e. The molecule has 0 heterocycles. The molecule has 0 fully saturated rings. The number of carbonyl (C=O) groups is 1. The average molecular weight is 275 g/mol. The van der Waals surface area contributed by atoms with Gasteiger partial charge in [0, 0.05) is 21.2 Å². The van der Waals surface area contributed by atoms with Crippen molar-refractivity contribution >= 4 is 29.0 Å². The highest BCUT2D eigenvalue weighted by molar-refractivity contribution is 6.35. The maximum atomic E-state index is 11.8. The van der Waals surface area contributed by atoms with Crippen LogP contribution in [0.1, 0.15) is 15.9 Å². The average Bonchev–Trinajstić information content (AvgIpc) is 2.36. The molecule has 0 radical (unpaired) electrons. The Bertz CT molecular complexity index is 616. The highest BCUT2D eigenvalue weighted by atomic mass is 35.5. The number of hydrogen-bond donors (Lipinski definition) is 0. The summed E-state index contributed by atoms with van der Waals surface area (Å²) in [5.41, 5.74) is 1.19. The van der Waals surface area contributed by atoms with Crippen LogP contribution in [0.2, 0.25) is 10.0 Å². The van der Waals surface area contributed by atoms with E-state index in [0.29, 0.717) is 15.6 Å². The van der Waals surface area contributed by atoms with Gasteiger partial charge in [-0.3, -0.25) is 4.79 Å². The lowest BCUT2D eigenvalue weighted by atomic mass is 10.1. The highest BCUT2D eigenvalue weighted by Crippen LogP contribution is 2.19. The molecule has 0 aromatic heterocycles. The van der Waals surface area contributed by atoms with Crippen LogP contribution < -0.4 is 0 Å². The van der Waals surface area contributed by atoms with Crippen LogP contribution in [0.5, 0.6) is 0 Å². The van der Waals surface area contributed by atoms with Crippen molar-refractivity contribution in [1.29, 1.82) is 0 Å². The normalized spacial score (nSPS) is 9.44. The summed E-state index contributed by atoms with van der Waals surface area (Å²) >= 11 is 11.7. The molecular weight excluding hydrogens is 267 g/mol. The van der Waals surface area contributed by atoms with Crippen LogP contribution in [0.25, 0.3) is 0 Å². The van der Waals surface area contributed by atoms with E-state index in [0.717, 1.165) is 5.56 Å². The second kappa shape index (κ2) is 5.73. The first kappa shape index (κ1) is 12.7. The molecule has 1 nitrogen and oxygen atoms in total. The minimum absolute atomic E-state index is 0.303.